The highest BCUT2D eigenvalue weighted by molar-refractivity contribution is 6.90. The molecule has 4 rings (SSSR count). The number of ketones is 1. The largest absolute Gasteiger partial charge is 0.299 e. The summed E-state index contributed by atoms with van der Waals surface area (Å²) in [5.74, 6) is 2.49. The van der Waals surface area contributed by atoms with Gasteiger partial charge in [-0.15, -0.1) is 0 Å². The number of benzene rings is 1. The van der Waals surface area contributed by atoms with Gasteiger partial charge in [0.15, 0.2) is 0 Å². The molecule has 1 aromatic carbocycles. The highest BCUT2D eigenvalue weighted by atomic mass is 28.3. The van der Waals surface area contributed by atoms with E-state index in [1.165, 1.54) is 25.3 Å². The molecule has 0 saturated heterocycles. The molecule has 0 radical (unpaired) electrons. The maximum Gasteiger partial charge on any atom is 0.143 e. The van der Waals surface area contributed by atoms with Crippen LogP contribution in [0.15, 0.2) is 41.1 Å². The quantitative estimate of drug-likeness (QED) is 0.541. The van der Waals surface area contributed by atoms with Crippen LogP contribution in [0, 0.1) is 23.2 Å². The molecule has 0 unspecified atom stereocenters. The molecule has 0 N–H and O–H groups in total. The van der Waals surface area contributed by atoms with E-state index in [1.807, 2.05) is 5.20 Å². The lowest BCUT2D eigenvalue weighted by Crippen LogP contribution is -2.45. The number of Topliss-reactive ketones (excluding diaryl/α,β-unsaturated/α-hetero) is 1. The minimum Gasteiger partial charge on any atom is -0.299 e. The first-order valence-corrected chi connectivity index (χ1v) is 18.1. The zero-order chi connectivity index (χ0) is 20.3. The topological polar surface area (TPSA) is 17.1 Å². The summed E-state index contributed by atoms with van der Waals surface area (Å²) in [4.78, 5) is 13.5. The van der Waals surface area contributed by atoms with Gasteiger partial charge in [-0.3, -0.25) is 4.79 Å². The number of carbonyl (C=O) groups is 1. The second-order valence-electron chi connectivity index (χ2n) is 11.7. The number of carbonyl (C=O) groups excluding carboxylic acids is 1. The van der Waals surface area contributed by atoms with E-state index >= 15 is 0 Å². The van der Waals surface area contributed by atoms with Gasteiger partial charge >= 0.3 is 0 Å². The molecule has 0 aromatic heterocycles. The van der Waals surface area contributed by atoms with E-state index in [4.69, 9.17) is 0 Å². The van der Waals surface area contributed by atoms with Crippen LogP contribution in [0.5, 0.6) is 0 Å². The smallest absolute Gasteiger partial charge is 0.143 e. The van der Waals surface area contributed by atoms with Gasteiger partial charge in [-0.1, -0.05) is 85.9 Å². The highest BCUT2D eigenvalue weighted by Crippen LogP contribution is 2.65. The summed E-state index contributed by atoms with van der Waals surface area (Å²) in [6, 6.07) is 12.5. The third-order valence-corrected chi connectivity index (χ3v) is 13.9. The van der Waals surface area contributed by atoms with Crippen molar-refractivity contribution in [3.05, 3.63) is 41.1 Å². The van der Waals surface area contributed by atoms with Crippen LogP contribution < -0.4 is 5.19 Å². The van der Waals surface area contributed by atoms with Crippen LogP contribution in [0.1, 0.15) is 39.0 Å². The Morgan fingerprint density at radius 3 is 2.39 bits per heavy atom. The SMILES string of the molecule is C[C@H]1CC(=O)[C@]23C[C@@H](C[Si](C)(C)c4ccccc4)C([Si](C)(C)C)=C2CC[C@@H]3C1. The second-order valence-corrected chi connectivity index (χ2v) is 21.5. The molecule has 2 saturated carbocycles. The molecule has 0 aliphatic heterocycles. The second kappa shape index (κ2) is 6.80. The first kappa shape index (κ1) is 20.3. The van der Waals surface area contributed by atoms with Gasteiger partial charge in [0.2, 0.25) is 0 Å². The van der Waals surface area contributed by atoms with Crippen molar-refractivity contribution in [3.8, 4) is 0 Å². The van der Waals surface area contributed by atoms with Crippen molar-refractivity contribution in [1.82, 2.24) is 0 Å². The maximum absolute atomic E-state index is 13.5. The Kier molecular flexibility index (Phi) is 4.94. The van der Waals surface area contributed by atoms with Crippen molar-refractivity contribution in [1.29, 1.82) is 0 Å². The Hall–Kier alpha value is -0.936. The summed E-state index contributed by atoms with van der Waals surface area (Å²) >= 11 is 0. The summed E-state index contributed by atoms with van der Waals surface area (Å²) in [6.07, 6.45) is 5.74. The fraction of sp³-hybridized carbons (Fsp3) is 0.640. The fourth-order valence-electron chi connectivity index (χ4n) is 7.20. The standard InChI is InChI=1S/C25H38OSi2/c1-18-14-20-12-13-22-24(27(2,3)4)19(16-25(20,22)23(26)15-18)17-28(5,6)21-10-8-7-9-11-21/h7-11,18-20H,12-17H2,1-6H3/t18-,19+,20-,25+/m1/s1. The molecular weight excluding hydrogens is 372 g/mol. The van der Waals surface area contributed by atoms with Crippen LogP contribution in [-0.2, 0) is 4.79 Å². The van der Waals surface area contributed by atoms with E-state index in [-0.39, 0.29) is 5.41 Å². The van der Waals surface area contributed by atoms with Crippen LogP contribution in [0.2, 0.25) is 38.8 Å². The zero-order valence-corrected chi connectivity index (χ0v) is 20.8. The van der Waals surface area contributed by atoms with E-state index < -0.39 is 16.1 Å². The minimum absolute atomic E-state index is 0.0477. The molecule has 0 amide bonds. The summed E-state index contributed by atoms with van der Waals surface area (Å²) in [6.45, 7) is 15.0. The monoisotopic (exact) mass is 410 g/mol. The third kappa shape index (κ3) is 3.13. The number of hydrogen-bond donors (Lipinski definition) is 0. The molecule has 28 heavy (non-hydrogen) atoms. The van der Waals surface area contributed by atoms with Crippen LogP contribution in [0.3, 0.4) is 0 Å². The van der Waals surface area contributed by atoms with Gasteiger partial charge in [-0.05, 0) is 49.5 Å². The maximum atomic E-state index is 13.5. The van der Waals surface area contributed by atoms with Gasteiger partial charge in [0.1, 0.15) is 5.78 Å². The normalized spacial score (nSPS) is 33.2. The molecule has 4 atom stereocenters. The fourth-order valence-corrected chi connectivity index (χ4v) is 13.0. The first-order valence-electron chi connectivity index (χ1n) is 11.4. The Bertz CT molecular complexity index is 802. The van der Waals surface area contributed by atoms with Crippen LogP contribution in [-0.4, -0.2) is 21.9 Å². The van der Waals surface area contributed by atoms with Gasteiger partial charge in [0.25, 0.3) is 0 Å². The lowest BCUT2D eigenvalue weighted by molar-refractivity contribution is -0.133. The average Bonchev–Trinajstić information content (AvgIpc) is 3.09. The van der Waals surface area contributed by atoms with Gasteiger partial charge in [-0.2, -0.15) is 0 Å². The van der Waals surface area contributed by atoms with Crippen molar-refractivity contribution in [2.24, 2.45) is 23.2 Å². The average molecular weight is 411 g/mol. The van der Waals surface area contributed by atoms with E-state index in [9.17, 15) is 4.79 Å². The van der Waals surface area contributed by atoms with Crippen molar-refractivity contribution in [2.75, 3.05) is 0 Å². The van der Waals surface area contributed by atoms with E-state index in [1.54, 1.807) is 10.8 Å². The highest BCUT2D eigenvalue weighted by Gasteiger charge is 2.61. The summed E-state index contributed by atoms with van der Waals surface area (Å²) in [5.41, 5.74) is 1.62. The van der Waals surface area contributed by atoms with Gasteiger partial charge in [0.05, 0.1) is 21.6 Å². The Morgan fingerprint density at radius 1 is 1.07 bits per heavy atom. The Labute approximate surface area is 174 Å². The van der Waals surface area contributed by atoms with Crippen molar-refractivity contribution in [2.45, 2.75) is 77.8 Å². The van der Waals surface area contributed by atoms with E-state index in [0.29, 0.717) is 23.5 Å². The minimum atomic E-state index is -1.53. The summed E-state index contributed by atoms with van der Waals surface area (Å²) in [5, 5.41) is 3.39. The molecule has 3 heteroatoms. The molecule has 3 aliphatic rings. The molecule has 1 nitrogen and oxygen atoms in total. The molecular formula is C25H38OSi2. The Morgan fingerprint density at radius 2 is 1.75 bits per heavy atom. The number of allylic oxidation sites excluding steroid dienone is 2. The molecule has 1 spiro atoms. The molecule has 152 valence electrons. The summed E-state index contributed by atoms with van der Waals surface area (Å²) in [7, 11) is -2.98. The first-order chi connectivity index (χ1) is 13.1. The molecule has 2 fully saturated rings. The summed E-state index contributed by atoms with van der Waals surface area (Å²) < 4.78 is 0. The van der Waals surface area contributed by atoms with Gasteiger partial charge in [0, 0.05) is 6.42 Å². The Balaban J connectivity index is 1.74. The predicted molar refractivity (Wildman–Crippen MR) is 125 cm³/mol. The van der Waals surface area contributed by atoms with Crippen molar-refractivity contribution >= 4 is 27.1 Å². The molecule has 0 bridgehead atoms. The van der Waals surface area contributed by atoms with E-state index in [0.717, 1.165) is 12.8 Å². The van der Waals surface area contributed by atoms with Crippen LogP contribution in [0.25, 0.3) is 0 Å². The zero-order valence-electron chi connectivity index (χ0n) is 18.8. The van der Waals surface area contributed by atoms with Crippen LogP contribution >= 0.6 is 0 Å². The lowest BCUT2D eigenvalue weighted by atomic mass is 9.62. The molecule has 0 heterocycles. The van der Waals surface area contributed by atoms with Gasteiger partial charge in [-0.25, -0.2) is 0 Å². The number of rotatable bonds is 4. The third-order valence-electron chi connectivity index (χ3n) is 8.12. The van der Waals surface area contributed by atoms with Crippen LogP contribution in [0.4, 0.5) is 0 Å². The lowest BCUT2D eigenvalue weighted by Gasteiger charge is -2.40. The molecule has 1 aromatic rings. The molecule has 3 aliphatic carbocycles. The van der Waals surface area contributed by atoms with Gasteiger partial charge < -0.3 is 0 Å². The van der Waals surface area contributed by atoms with Crippen molar-refractivity contribution in [3.63, 3.8) is 0 Å². The van der Waals surface area contributed by atoms with E-state index in [2.05, 4.69) is 70.0 Å². The predicted octanol–water partition coefficient (Wildman–Crippen LogP) is 6.19. The van der Waals surface area contributed by atoms with Crippen molar-refractivity contribution < 1.29 is 4.79 Å². The number of hydrogen-bond acceptors (Lipinski definition) is 1.